The number of methoxy groups -OCH3 is 1. The summed E-state index contributed by atoms with van der Waals surface area (Å²) in [5, 5.41) is 12.2. The minimum Gasteiger partial charge on any atom is -0.497 e. The number of aromatic amines is 1. The Kier molecular flexibility index (Phi) is 2.52. The van der Waals surface area contributed by atoms with Crippen molar-refractivity contribution in [2.45, 2.75) is 43.9 Å². The predicted octanol–water partition coefficient (Wildman–Crippen LogP) is 2.79. The van der Waals surface area contributed by atoms with Crippen LogP contribution in [-0.2, 0) is 0 Å². The van der Waals surface area contributed by atoms with Crippen LogP contribution in [0.5, 0.6) is 5.75 Å². The number of H-pyrrole nitrogens is 1. The van der Waals surface area contributed by atoms with E-state index in [2.05, 4.69) is 28.9 Å². The number of nitrogens with one attached hydrogen (secondary N) is 1. The van der Waals surface area contributed by atoms with Crippen LogP contribution in [0.15, 0.2) is 18.2 Å². The molecule has 4 nitrogen and oxygen atoms in total. The van der Waals surface area contributed by atoms with E-state index in [0.29, 0.717) is 12.0 Å². The van der Waals surface area contributed by atoms with Gasteiger partial charge in [0.15, 0.2) is 0 Å². The van der Waals surface area contributed by atoms with Crippen molar-refractivity contribution in [2.24, 2.45) is 5.92 Å². The van der Waals surface area contributed by atoms with Crippen molar-refractivity contribution in [2.75, 3.05) is 13.7 Å². The number of rotatable bonds is 1. The summed E-state index contributed by atoms with van der Waals surface area (Å²) >= 11 is 0. The highest BCUT2D eigenvalue weighted by atomic mass is 16.5. The molecule has 1 aliphatic carbocycles. The molecule has 1 saturated carbocycles. The average Bonchev–Trinajstić information content (AvgIpc) is 3.22. The molecule has 4 heteroatoms. The summed E-state index contributed by atoms with van der Waals surface area (Å²) < 4.78 is 5.39. The molecule has 1 unspecified atom stereocenters. The van der Waals surface area contributed by atoms with Crippen molar-refractivity contribution in [1.82, 2.24) is 9.88 Å². The van der Waals surface area contributed by atoms with Crippen LogP contribution in [0.3, 0.4) is 0 Å². The molecule has 116 valence electrons. The second kappa shape index (κ2) is 4.27. The molecule has 0 spiro atoms. The first-order valence-electron chi connectivity index (χ1n) is 8.30. The highest BCUT2D eigenvalue weighted by Crippen LogP contribution is 2.53. The highest BCUT2D eigenvalue weighted by molar-refractivity contribution is 5.87. The number of hydrogen-bond donors (Lipinski definition) is 2. The summed E-state index contributed by atoms with van der Waals surface area (Å²) in [6.45, 7) is 3.33. The predicted molar refractivity (Wildman–Crippen MR) is 85.2 cm³/mol. The van der Waals surface area contributed by atoms with Crippen molar-refractivity contribution in [3.63, 3.8) is 0 Å². The van der Waals surface area contributed by atoms with Crippen LogP contribution in [0.25, 0.3) is 10.9 Å². The number of ether oxygens (including phenoxy) is 1. The van der Waals surface area contributed by atoms with Gasteiger partial charge in [0.05, 0.1) is 13.2 Å². The van der Waals surface area contributed by atoms with E-state index < -0.39 is 6.10 Å². The highest BCUT2D eigenvalue weighted by Gasteiger charge is 2.52. The van der Waals surface area contributed by atoms with E-state index >= 15 is 0 Å². The Bertz CT molecular complexity index is 753. The Labute approximate surface area is 130 Å². The lowest BCUT2D eigenvalue weighted by Crippen LogP contribution is -2.43. The molecule has 22 heavy (non-hydrogen) atoms. The third-order valence-corrected chi connectivity index (χ3v) is 6.24. The fourth-order valence-electron chi connectivity index (χ4n) is 5.22. The van der Waals surface area contributed by atoms with Gasteiger partial charge in [-0.3, -0.25) is 4.90 Å². The standard InChI is InChI=1S/C18H22N2O2/c1-9-18(21)16-12-7-11(22-2)3-4-14(12)19-17(16)13-5-10-6-15(13)20(9)8-10/h3-4,7,9-10,13,15,18-19,21H,5-6,8H2,1-2H3/t9-,10-,13-,15?,18+/m1/s1. The van der Waals surface area contributed by atoms with E-state index in [0.717, 1.165) is 34.7 Å². The summed E-state index contributed by atoms with van der Waals surface area (Å²) in [5.74, 6) is 2.20. The molecule has 3 heterocycles. The summed E-state index contributed by atoms with van der Waals surface area (Å²) in [7, 11) is 1.69. The Hall–Kier alpha value is -1.52. The minimum absolute atomic E-state index is 0.184. The summed E-state index contributed by atoms with van der Waals surface area (Å²) in [6.07, 6.45) is 2.12. The minimum atomic E-state index is -0.430. The van der Waals surface area contributed by atoms with E-state index in [-0.39, 0.29) is 6.04 Å². The van der Waals surface area contributed by atoms with Gasteiger partial charge < -0.3 is 14.8 Å². The van der Waals surface area contributed by atoms with Gasteiger partial charge in [-0.2, -0.15) is 0 Å². The maximum atomic E-state index is 11.0. The second-order valence-corrected chi connectivity index (χ2v) is 7.26. The molecule has 2 bridgehead atoms. The van der Waals surface area contributed by atoms with Crippen LogP contribution in [-0.4, -0.2) is 40.7 Å². The Morgan fingerprint density at radius 1 is 1.32 bits per heavy atom. The molecule has 5 rings (SSSR count). The van der Waals surface area contributed by atoms with Gasteiger partial charge in [-0.05, 0) is 43.9 Å². The summed E-state index contributed by atoms with van der Waals surface area (Å²) in [4.78, 5) is 6.17. The zero-order valence-electron chi connectivity index (χ0n) is 13.0. The third-order valence-electron chi connectivity index (χ3n) is 6.24. The topological polar surface area (TPSA) is 48.5 Å². The number of nitrogens with zero attached hydrogens (tertiary/aromatic N) is 1. The lowest BCUT2D eigenvalue weighted by atomic mass is 9.93. The molecule has 5 atom stereocenters. The summed E-state index contributed by atoms with van der Waals surface area (Å²) in [5.41, 5.74) is 3.51. The van der Waals surface area contributed by atoms with Gasteiger partial charge in [-0.1, -0.05) is 0 Å². The van der Waals surface area contributed by atoms with Gasteiger partial charge in [0, 0.05) is 46.7 Å². The molecule has 2 N–H and O–H groups in total. The van der Waals surface area contributed by atoms with Crippen molar-refractivity contribution >= 4 is 10.9 Å². The van der Waals surface area contributed by atoms with Crippen molar-refractivity contribution in [3.05, 3.63) is 29.5 Å². The van der Waals surface area contributed by atoms with Gasteiger partial charge in [0.2, 0.25) is 0 Å². The zero-order chi connectivity index (χ0) is 15.0. The van der Waals surface area contributed by atoms with Gasteiger partial charge in [0.1, 0.15) is 5.75 Å². The Balaban J connectivity index is 1.77. The third kappa shape index (κ3) is 1.49. The number of hydrogen-bond acceptors (Lipinski definition) is 3. The molecule has 0 amide bonds. The molecule has 1 saturated heterocycles. The average molecular weight is 298 g/mol. The zero-order valence-corrected chi connectivity index (χ0v) is 13.0. The normalized spacial score (nSPS) is 36.6. The first-order valence-corrected chi connectivity index (χ1v) is 8.30. The molecule has 1 aromatic carbocycles. The Morgan fingerprint density at radius 3 is 2.95 bits per heavy atom. The van der Waals surface area contributed by atoms with Crippen molar-refractivity contribution in [3.8, 4) is 5.75 Å². The maximum Gasteiger partial charge on any atom is 0.119 e. The van der Waals surface area contributed by atoms with E-state index in [1.807, 2.05) is 6.07 Å². The number of aliphatic hydroxyl groups excluding tert-OH is 1. The maximum absolute atomic E-state index is 11.0. The molecule has 2 aliphatic heterocycles. The number of piperidine rings is 1. The van der Waals surface area contributed by atoms with Gasteiger partial charge >= 0.3 is 0 Å². The van der Waals surface area contributed by atoms with Crippen LogP contribution in [0.4, 0.5) is 0 Å². The molecular formula is C18H22N2O2. The first kappa shape index (κ1) is 13.0. The van der Waals surface area contributed by atoms with E-state index in [9.17, 15) is 5.11 Å². The lowest BCUT2D eigenvalue weighted by molar-refractivity contribution is 0.0452. The van der Waals surface area contributed by atoms with Gasteiger partial charge in [0.25, 0.3) is 0 Å². The van der Waals surface area contributed by atoms with E-state index in [1.54, 1.807) is 7.11 Å². The van der Waals surface area contributed by atoms with Crippen LogP contribution in [0, 0.1) is 5.92 Å². The molecule has 0 radical (unpaired) electrons. The molecule has 2 fully saturated rings. The van der Waals surface area contributed by atoms with Crippen LogP contribution >= 0.6 is 0 Å². The largest absolute Gasteiger partial charge is 0.497 e. The fourth-order valence-corrected chi connectivity index (χ4v) is 5.22. The smallest absolute Gasteiger partial charge is 0.119 e. The van der Waals surface area contributed by atoms with Crippen LogP contribution in [0.2, 0.25) is 0 Å². The fraction of sp³-hybridized carbons (Fsp3) is 0.556. The number of fused-ring (bicyclic) bond motifs is 5. The van der Waals surface area contributed by atoms with Crippen LogP contribution < -0.4 is 4.74 Å². The molecule has 3 aliphatic rings. The van der Waals surface area contributed by atoms with Crippen LogP contribution in [0.1, 0.15) is 43.0 Å². The number of aliphatic hydroxyl groups is 1. The van der Waals surface area contributed by atoms with E-state index in [1.165, 1.54) is 18.5 Å². The second-order valence-electron chi connectivity index (χ2n) is 7.26. The SMILES string of the molecule is COc1ccc2[nH]c3c(c2c1)[C@@H](O)[C@@H](C)N1C[C@H]2CC1[C@H]3C2. The molecule has 1 aromatic heterocycles. The summed E-state index contributed by atoms with van der Waals surface area (Å²) in [6, 6.07) is 6.91. The lowest BCUT2D eigenvalue weighted by Gasteiger charge is -2.35. The number of benzene rings is 1. The van der Waals surface area contributed by atoms with Gasteiger partial charge in [-0.25, -0.2) is 0 Å². The first-order chi connectivity index (χ1) is 10.7. The van der Waals surface area contributed by atoms with E-state index in [4.69, 9.17) is 4.74 Å². The van der Waals surface area contributed by atoms with Gasteiger partial charge in [-0.15, -0.1) is 0 Å². The monoisotopic (exact) mass is 298 g/mol. The van der Waals surface area contributed by atoms with Crippen molar-refractivity contribution < 1.29 is 9.84 Å². The Morgan fingerprint density at radius 2 is 2.18 bits per heavy atom. The van der Waals surface area contributed by atoms with Crippen molar-refractivity contribution in [1.29, 1.82) is 0 Å². The number of aromatic nitrogens is 1. The molecular weight excluding hydrogens is 276 g/mol. The quantitative estimate of drug-likeness (QED) is 0.851. The molecule has 2 aromatic rings.